The largest absolute Gasteiger partial charge is 0.176 e. The molecule has 0 spiro atoms. The predicted octanol–water partition coefficient (Wildman–Crippen LogP) is 2.42. The minimum absolute atomic E-state index is 0.654. The van der Waals surface area contributed by atoms with Crippen molar-refractivity contribution in [2.75, 3.05) is 0 Å². The fraction of sp³-hybridized carbons (Fsp3) is 0.714. The Kier molecular flexibility index (Phi) is 2.01. The van der Waals surface area contributed by atoms with E-state index in [4.69, 9.17) is 0 Å². The summed E-state index contributed by atoms with van der Waals surface area (Å²) in [6.07, 6.45) is 6.00. The molecule has 1 aliphatic rings. The second-order valence-corrected chi connectivity index (χ2v) is 3.07. The summed E-state index contributed by atoms with van der Waals surface area (Å²) in [4.78, 5) is 0. The van der Waals surface area contributed by atoms with Crippen molar-refractivity contribution in [2.24, 2.45) is 0 Å². The van der Waals surface area contributed by atoms with Gasteiger partial charge in [-0.05, 0) is 26.2 Å². The van der Waals surface area contributed by atoms with E-state index in [1.165, 1.54) is 19.3 Å². The van der Waals surface area contributed by atoms with Gasteiger partial charge in [0.1, 0.15) is 0 Å². The smallest absolute Gasteiger partial charge is 0.00570 e. The lowest BCUT2D eigenvalue weighted by molar-refractivity contribution is 0.913. The normalized spacial score (nSPS) is 34.2. The van der Waals surface area contributed by atoms with Crippen LogP contribution in [0.4, 0.5) is 0 Å². The van der Waals surface area contributed by atoms with E-state index in [0.29, 0.717) is 5.25 Å². The van der Waals surface area contributed by atoms with Gasteiger partial charge >= 0.3 is 0 Å². The second kappa shape index (κ2) is 2.58. The van der Waals surface area contributed by atoms with E-state index < -0.39 is 0 Å². The van der Waals surface area contributed by atoms with Crippen LogP contribution in [-0.4, -0.2) is 5.25 Å². The van der Waals surface area contributed by atoms with Crippen molar-refractivity contribution in [3.8, 4) is 0 Å². The molecule has 0 aromatic rings. The standard InChI is InChI=1S/C7H12S/c1-2-6-3-4-7(8)5-6/h2,7-8H,3-5H2,1H3/b6-2-. The van der Waals surface area contributed by atoms with Gasteiger partial charge in [0, 0.05) is 5.25 Å². The van der Waals surface area contributed by atoms with E-state index >= 15 is 0 Å². The molecule has 0 amide bonds. The Morgan fingerprint density at radius 1 is 1.75 bits per heavy atom. The van der Waals surface area contributed by atoms with Gasteiger partial charge in [-0.25, -0.2) is 0 Å². The predicted molar refractivity (Wildman–Crippen MR) is 40.4 cm³/mol. The zero-order chi connectivity index (χ0) is 5.98. The Hall–Kier alpha value is 0.0900. The molecule has 1 heteroatoms. The van der Waals surface area contributed by atoms with Gasteiger partial charge in [0.05, 0.1) is 0 Å². The van der Waals surface area contributed by atoms with Crippen LogP contribution in [0.15, 0.2) is 11.6 Å². The summed E-state index contributed by atoms with van der Waals surface area (Å²) in [5, 5.41) is 0.654. The van der Waals surface area contributed by atoms with E-state index in [9.17, 15) is 0 Å². The van der Waals surface area contributed by atoms with Crippen LogP contribution in [0.1, 0.15) is 26.2 Å². The molecule has 1 fully saturated rings. The third-order valence-electron chi connectivity index (χ3n) is 1.70. The van der Waals surface area contributed by atoms with Crippen molar-refractivity contribution in [3.05, 3.63) is 11.6 Å². The van der Waals surface area contributed by atoms with E-state index in [1.54, 1.807) is 5.57 Å². The number of hydrogen-bond acceptors (Lipinski definition) is 1. The molecule has 0 aliphatic heterocycles. The molecule has 0 aromatic heterocycles. The average molecular weight is 128 g/mol. The maximum absolute atomic E-state index is 4.36. The van der Waals surface area contributed by atoms with Crippen molar-refractivity contribution >= 4 is 12.6 Å². The molecule has 1 unspecified atom stereocenters. The topological polar surface area (TPSA) is 0 Å². The van der Waals surface area contributed by atoms with E-state index in [1.807, 2.05) is 0 Å². The monoisotopic (exact) mass is 128 g/mol. The van der Waals surface area contributed by atoms with E-state index in [-0.39, 0.29) is 0 Å². The van der Waals surface area contributed by atoms with Crippen molar-refractivity contribution in [2.45, 2.75) is 31.4 Å². The quantitative estimate of drug-likeness (QED) is 0.376. The van der Waals surface area contributed by atoms with Gasteiger partial charge in [0.25, 0.3) is 0 Å². The van der Waals surface area contributed by atoms with Crippen LogP contribution in [0.25, 0.3) is 0 Å². The summed E-state index contributed by atoms with van der Waals surface area (Å²) < 4.78 is 0. The van der Waals surface area contributed by atoms with Gasteiger partial charge in [0.2, 0.25) is 0 Å². The number of hydrogen-bond donors (Lipinski definition) is 1. The first kappa shape index (κ1) is 6.21. The van der Waals surface area contributed by atoms with Gasteiger partial charge < -0.3 is 0 Å². The van der Waals surface area contributed by atoms with Crippen LogP contribution in [0, 0.1) is 0 Å². The van der Waals surface area contributed by atoms with Gasteiger partial charge in [-0.1, -0.05) is 11.6 Å². The molecule has 8 heavy (non-hydrogen) atoms. The van der Waals surface area contributed by atoms with E-state index in [2.05, 4.69) is 25.6 Å². The molecule has 1 atom stereocenters. The summed E-state index contributed by atoms with van der Waals surface area (Å²) in [5.74, 6) is 0. The summed E-state index contributed by atoms with van der Waals surface area (Å²) in [5.41, 5.74) is 1.59. The lowest BCUT2D eigenvalue weighted by Gasteiger charge is -1.92. The molecule has 0 bridgehead atoms. The Bertz CT molecular complexity index is 105. The fourth-order valence-corrected chi connectivity index (χ4v) is 1.48. The molecule has 1 aliphatic carbocycles. The average Bonchev–Trinajstić information content (AvgIpc) is 2.14. The first-order chi connectivity index (χ1) is 3.83. The zero-order valence-electron chi connectivity index (χ0n) is 5.22. The molecule has 0 heterocycles. The fourth-order valence-electron chi connectivity index (χ4n) is 1.12. The molecule has 0 saturated heterocycles. The van der Waals surface area contributed by atoms with Gasteiger partial charge in [-0.3, -0.25) is 0 Å². The van der Waals surface area contributed by atoms with E-state index in [0.717, 1.165) is 0 Å². The maximum Gasteiger partial charge on any atom is 0.00570 e. The van der Waals surface area contributed by atoms with Crippen LogP contribution in [0.3, 0.4) is 0 Å². The highest BCUT2D eigenvalue weighted by Gasteiger charge is 2.13. The molecule has 0 nitrogen and oxygen atoms in total. The van der Waals surface area contributed by atoms with Crippen LogP contribution in [0.2, 0.25) is 0 Å². The molecule has 46 valence electrons. The third kappa shape index (κ3) is 1.28. The van der Waals surface area contributed by atoms with Crippen molar-refractivity contribution < 1.29 is 0 Å². The Morgan fingerprint density at radius 2 is 2.50 bits per heavy atom. The molecule has 0 radical (unpaired) electrons. The molecular formula is C7H12S. The number of allylic oxidation sites excluding steroid dienone is 2. The molecule has 0 aromatic carbocycles. The molecule has 0 N–H and O–H groups in total. The van der Waals surface area contributed by atoms with Crippen molar-refractivity contribution in [1.29, 1.82) is 0 Å². The summed E-state index contributed by atoms with van der Waals surface area (Å²) in [6, 6.07) is 0. The number of rotatable bonds is 0. The first-order valence-corrected chi connectivity index (χ1v) is 3.66. The Morgan fingerprint density at radius 3 is 2.75 bits per heavy atom. The minimum atomic E-state index is 0.654. The highest BCUT2D eigenvalue weighted by molar-refractivity contribution is 7.81. The summed E-state index contributed by atoms with van der Waals surface area (Å²) in [7, 11) is 0. The Labute approximate surface area is 56.4 Å². The van der Waals surface area contributed by atoms with Crippen LogP contribution in [0.5, 0.6) is 0 Å². The molecule has 1 saturated carbocycles. The third-order valence-corrected chi connectivity index (χ3v) is 2.15. The summed E-state index contributed by atoms with van der Waals surface area (Å²) in [6.45, 7) is 2.11. The van der Waals surface area contributed by atoms with Crippen LogP contribution >= 0.6 is 12.6 Å². The van der Waals surface area contributed by atoms with Gasteiger partial charge in [-0.2, -0.15) is 12.6 Å². The minimum Gasteiger partial charge on any atom is -0.176 e. The molecule has 1 rings (SSSR count). The zero-order valence-corrected chi connectivity index (χ0v) is 6.12. The van der Waals surface area contributed by atoms with Crippen molar-refractivity contribution in [3.63, 3.8) is 0 Å². The highest BCUT2D eigenvalue weighted by atomic mass is 32.1. The maximum atomic E-state index is 4.36. The van der Waals surface area contributed by atoms with Crippen molar-refractivity contribution in [1.82, 2.24) is 0 Å². The van der Waals surface area contributed by atoms with Gasteiger partial charge in [-0.15, -0.1) is 0 Å². The summed E-state index contributed by atoms with van der Waals surface area (Å²) >= 11 is 4.36. The van der Waals surface area contributed by atoms with Crippen LogP contribution in [-0.2, 0) is 0 Å². The Balaban J connectivity index is 2.44. The lowest BCUT2D eigenvalue weighted by atomic mass is 10.2. The SMILES string of the molecule is C/C=C1/CCC(S)C1. The first-order valence-electron chi connectivity index (χ1n) is 3.15. The van der Waals surface area contributed by atoms with Crippen LogP contribution < -0.4 is 0 Å². The number of thiol groups is 1. The van der Waals surface area contributed by atoms with Gasteiger partial charge in [0.15, 0.2) is 0 Å². The highest BCUT2D eigenvalue weighted by Crippen LogP contribution is 2.27. The lowest BCUT2D eigenvalue weighted by Crippen LogP contribution is -1.84. The molecular weight excluding hydrogens is 116 g/mol. The second-order valence-electron chi connectivity index (χ2n) is 2.34.